The van der Waals surface area contributed by atoms with Gasteiger partial charge in [-0.15, -0.1) is 0 Å². The smallest absolute Gasteiger partial charge is 0.231 e. The van der Waals surface area contributed by atoms with Gasteiger partial charge in [0.15, 0.2) is 16.6 Å². The molecule has 3 rings (SSSR count). The van der Waals surface area contributed by atoms with Gasteiger partial charge in [0.2, 0.25) is 6.79 Å². The van der Waals surface area contributed by atoms with Gasteiger partial charge in [0, 0.05) is 6.54 Å². The van der Waals surface area contributed by atoms with Crippen LogP contribution in [-0.2, 0) is 6.54 Å². The Morgan fingerprint density at radius 2 is 2.13 bits per heavy atom. The highest BCUT2D eigenvalue weighted by Gasteiger charge is 2.13. The second-order valence-corrected chi connectivity index (χ2v) is 6.55. The molecule has 2 heterocycles. The predicted octanol–water partition coefficient (Wildman–Crippen LogP) is 4.02. The molecule has 120 valence electrons. The number of pyridine rings is 1. The fourth-order valence-corrected chi connectivity index (χ4v) is 2.90. The molecule has 2 N–H and O–H groups in total. The number of nitrogens with zero attached hydrogens (tertiary/aromatic N) is 1. The first-order valence-corrected chi connectivity index (χ1v) is 8.37. The first-order valence-electron chi connectivity index (χ1n) is 6.79. The first kappa shape index (κ1) is 16.3. The third-order valence-corrected chi connectivity index (χ3v) is 4.46. The predicted molar refractivity (Wildman–Crippen MR) is 97.3 cm³/mol. The second kappa shape index (κ2) is 6.90. The molecule has 2 aromatic rings. The fraction of sp³-hybridized carbons (Fsp3) is 0.200. The van der Waals surface area contributed by atoms with Gasteiger partial charge in [-0.1, -0.05) is 17.7 Å². The quantitative estimate of drug-likeness (QED) is 0.740. The molecule has 1 aliphatic heterocycles. The van der Waals surface area contributed by atoms with Crippen molar-refractivity contribution in [3.05, 3.63) is 45.0 Å². The third kappa shape index (κ3) is 3.85. The van der Waals surface area contributed by atoms with Crippen molar-refractivity contribution >= 4 is 50.7 Å². The van der Waals surface area contributed by atoms with Crippen LogP contribution in [0.4, 0.5) is 5.82 Å². The summed E-state index contributed by atoms with van der Waals surface area (Å²) in [5, 5.41) is 7.25. The third-order valence-electron chi connectivity index (χ3n) is 3.23. The molecule has 0 aliphatic carbocycles. The Labute approximate surface area is 152 Å². The summed E-state index contributed by atoms with van der Waals surface area (Å²) in [6, 6.07) is 7.56. The van der Waals surface area contributed by atoms with Gasteiger partial charge in [-0.05, 0) is 58.8 Å². The topological polar surface area (TPSA) is 55.4 Å². The van der Waals surface area contributed by atoms with Crippen LogP contribution in [0.25, 0.3) is 0 Å². The number of thiocarbonyl (C=S) groups is 1. The van der Waals surface area contributed by atoms with E-state index in [2.05, 4.69) is 31.5 Å². The van der Waals surface area contributed by atoms with Gasteiger partial charge in [-0.3, -0.25) is 0 Å². The molecule has 0 atom stereocenters. The van der Waals surface area contributed by atoms with Gasteiger partial charge in [0.25, 0.3) is 0 Å². The maximum absolute atomic E-state index is 6.02. The van der Waals surface area contributed by atoms with Crippen LogP contribution in [0.5, 0.6) is 11.5 Å². The average molecular weight is 415 g/mol. The minimum absolute atomic E-state index is 0.266. The van der Waals surface area contributed by atoms with E-state index in [0.29, 0.717) is 22.5 Å². The molecule has 0 amide bonds. The van der Waals surface area contributed by atoms with E-state index in [1.807, 2.05) is 25.1 Å². The average Bonchev–Trinajstić information content (AvgIpc) is 2.98. The Morgan fingerprint density at radius 3 is 2.96 bits per heavy atom. The molecule has 0 fully saturated rings. The number of nitrogens with one attached hydrogen (secondary N) is 2. The van der Waals surface area contributed by atoms with Crippen molar-refractivity contribution in [3.8, 4) is 11.5 Å². The fourth-order valence-electron chi connectivity index (χ4n) is 2.03. The number of hydrogen-bond donors (Lipinski definition) is 2. The lowest BCUT2D eigenvalue weighted by molar-refractivity contribution is 0.174. The van der Waals surface area contributed by atoms with Gasteiger partial charge < -0.3 is 20.1 Å². The molecule has 0 bridgehead atoms. The van der Waals surface area contributed by atoms with Crippen LogP contribution >= 0.6 is 39.7 Å². The lowest BCUT2D eigenvalue weighted by atomic mass is 10.2. The monoisotopic (exact) mass is 413 g/mol. The Morgan fingerprint density at radius 1 is 1.35 bits per heavy atom. The van der Waals surface area contributed by atoms with Crippen molar-refractivity contribution in [3.63, 3.8) is 0 Å². The number of benzene rings is 1. The summed E-state index contributed by atoms with van der Waals surface area (Å²) in [4.78, 5) is 4.36. The summed E-state index contributed by atoms with van der Waals surface area (Å²) in [5.41, 5.74) is 1.77. The Bertz CT molecular complexity index is 773. The summed E-state index contributed by atoms with van der Waals surface area (Å²) in [6.45, 7) is 2.66. The van der Waals surface area contributed by atoms with Gasteiger partial charge >= 0.3 is 0 Å². The van der Waals surface area contributed by atoms with Crippen LogP contribution in [0.1, 0.15) is 11.3 Å². The largest absolute Gasteiger partial charge is 0.454 e. The summed E-state index contributed by atoms with van der Waals surface area (Å²) in [7, 11) is 0. The van der Waals surface area contributed by atoms with Crippen LogP contribution < -0.4 is 20.1 Å². The Hall–Kier alpha value is -1.57. The maximum Gasteiger partial charge on any atom is 0.231 e. The summed E-state index contributed by atoms with van der Waals surface area (Å²) < 4.78 is 11.4. The van der Waals surface area contributed by atoms with E-state index >= 15 is 0 Å². The molecule has 8 heteroatoms. The zero-order chi connectivity index (χ0) is 16.4. The normalized spacial score (nSPS) is 12.1. The number of rotatable bonds is 3. The SMILES string of the molecule is Cc1nc(NC(=S)NCc2ccc3c(c2)OCO3)c(Br)cc1Cl. The summed E-state index contributed by atoms with van der Waals surface area (Å²) in [5.74, 6) is 2.13. The lowest BCUT2D eigenvalue weighted by Crippen LogP contribution is -2.28. The molecule has 1 aromatic heterocycles. The van der Waals surface area contributed by atoms with Crippen LogP contribution in [0, 0.1) is 6.92 Å². The van der Waals surface area contributed by atoms with Gasteiger partial charge in [-0.2, -0.15) is 0 Å². The molecule has 0 radical (unpaired) electrons. The molecule has 0 saturated heterocycles. The van der Waals surface area contributed by atoms with Crippen LogP contribution in [0.15, 0.2) is 28.7 Å². The zero-order valence-corrected chi connectivity index (χ0v) is 15.3. The van der Waals surface area contributed by atoms with Crippen LogP contribution in [0.3, 0.4) is 0 Å². The van der Waals surface area contributed by atoms with E-state index in [9.17, 15) is 0 Å². The number of anilines is 1. The number of fused-ring (bicyclic) bond motifs is 1. The van der Waals surface area contributed by atoms with Crippen molar-refractivity contribution in [2.75, 3.05) is 12.1 Å². The molecule has 5 nitrogen and oxygen atoms in total. The van der Waals surface area contributed by atoms with Gasteiger partial charge in [0.1, 0.15) is 5.82 Å². The maximum atomic E-state index is 6.02. The first-order chi connectivity index (χ1) is 11.0. The molecular formula is C15H13BrClN3O2S. The van der Waals surface area contributed by atoms with Crippen LogP contribution in [-0.4, -0.2) is 16.9 Å². The second-order valence-electron chi connectivity index (χ2n) is 4.88. The lowest BCUT2D eigenvalue weighted by Gasteiger charge is -2.12. The summed E-state index contributed by atoms with van der Waals surface area (Å²) >= 11 is 14.7. The van der Waals surface area contributed by atoms with Crippen molar-refractivity contribution in [1.29, 1.82) is 0 Å². The van der Waals surface area contributed by atoms with E-state index in [1.165, 1.54) is 0 Å². The molecule has 0 unspecified atom stereocenters. The highest BCUT2D eigenvalue weighted by atomic mass is 79.9. The summed E-state index contributed by atoms with van der Waals surface area (Å²) in [6.07, 6.45) is 0. The van der Waals surface area contributed by atoms with E-state index < -0.39 is 0 Å². The molecular weight excluding hydrogens is 402 g/mol. The minimum atomic E-state index is 0.266. The highest BCUT2D eigenvalue weighted by molar-refractivity contribution is 9.10. The molecule has 1 aliphatic rings. The Balaban J connectivity index is 1.61. The number of hydrogen-bond acceptors (Lipinski definition) is 4. The van der Waals surface area contributed by atoms with E-state index in [4.69, 9.17) is 33.3 Å². The van der Waals surface area contributed by atoms with Crippen LogP contribution in [0.2, 0.25) is 5.02 Å². The molecule has 0 spiro atoms. The van der Waals surface area contributed by atoms with Gasteiger partial charge in [0.05, 0.1) is 15.2 Å². The number of aryl methyl sites for hydroxylation is 1. The van der Waals surface area contributed by atoms with Crippen molar-refractivity contribution in [2.45, 2.75) is 13.5 Å². The van der Waals surface area contributed by atoms with E-state index in [-0.39, 0.29) is 6.79 Å². The van der Waals surface area contributed by atoms with E-state index in [0.717, 1.165) is 27.2 Å². The molecule has 1 aromatic carbocycles. The number of aromatic nitrogens is 1. The number of halogens is 2. The van der Waals surface area contributed by atoms with Gasteiger partial charge in [-0.25, -0.2) is 4.98 Å². The standard InChI is InChI=1S/C15H13BrClN3O2S/c1-8-11(17)5-10(16)14(19-8)20-15(23)18-6-9-2-3-12-13(4-9)22-7-21-12/h2-5H,6-7H2,1H3,(H2,18,19,20,23). The number of ether oxygens (including phenoxy) is 2. The molecule has 0 saturated carbocycles. The highest BCUT2D eigenvalue weighted by Crippen LogP contribution is 2.32. The van der Waals surface area contributed by atoms with Crippen molar-refractivity contribution in [1.82, 2.24) is 10.3 Å². The van der Waals surface area contributed by atoms with Crippen molar-refractivity contribution in [2.24, 2.45) is 0 Å². The zero-order valence-electron chi connectivity index (χ0n) is 12.2. The molecule has 23 heavy (non-hydrogen) atoms. The Kier molecular flexibility index (Phi) is 4.89. The minimum Gasteiger partial charge on any atom is -0.454 e. The van der Waals surface area contributed by atoms with Crippen molar-refractivity contribution < 1.29 is 9.47 Å². The van der Waals surface area contributed by atoms with E-state index in [1.54, 1.807) is 6.07 Å².